The lowest BCUT2D eigenvalue weighted by Gasteiger charge is -2.31. The number of aromatic nitrogens is 2. The zero-order valence-electron chi connectivity index (χ0n) is 18.1. The van der Waals surface area contributed by atoms with E-state index in [1.807, 2.05) is 11.7 Å². The summed E-state index contributed by atoms with van der Waals surface area (Å²) in [6.07, 6.45) is 8.12. The molecule has 1 saturated carbocycles. The third-order valence-corrected chi connectivity index (χ3v) is 7.98. The Labute approximate surface area is 186 Å². The van der Waals surface area contributed by atoms with Gasteiger partial charge in [-0.1, -0.05) is 13.8 Å². The van der Waals surface area contributed by atoms with Gasteiger partial charge < -0.3 is 10.6 Å². The minimum atomic E-state index is -0.0221. The Morgan fingerprint density at radius 2 is 1.87 bits per heavy atom. The first-order chi connectivity index (χ1) is 14.4. The molecule has 7 heteroatoms. The standard InChI is InChI=1S/C23H30N4OS2/c1-13(2)15-5-7-16(8-6-15)27-22(28)18-10-25-23-17(21(18)26-14(3)4)9-19(30-23)20-11-24-12-29-20/h9-16H,5-8H2,1-4H3,(H,25,26)(H,27,28). The highest BCUT2D eigenvalue weighted by molar-refractivity contribution is 7.25. The smallest absolute Gasteiger partial charge is 0.255 e. The van der Waals surface area contributed by atoms with E-state index in [-0.39, 0.29) is 18.0 Å². The van der Waals surface area contributed by atoms with Crippen molar-refractivity contribution < 1.29 is 4.79 Å². The molecule has 3 aromatic rings. The number of rotatable bonds is 6. The van der Waals surface area contributed by atoms with E-state index in [2.05, 4.69) is 54.4 Å². The first kappa shape index (κ1) is 21.2. The molecule has 0 aliphatic heterocycles. The number of hydrogen-bond donors (Lipinski definition) is 2. The number of pyridine rings is 1. The summed E-state index contributed by atoms with van der Waals surface area (Å²) in [6.45, 7) is 8.79. The Kier molecular flexibility index (Phi) is 6.39. The molecule has 0 aromatic carbocycles. The molecule has 0 saturated heterocycles. The van der Waals surface area contributed by atoms with Crippen LogP contribution in [-0.4, -0.2) is 28.0 Å². The van der Waals surface area contributed by atoms with E-state index < -0.39 is 0 Å². The predicted molar refractivity (Wildman–Crippen MR) is 128 cm³/mol. The van der Waals surface area contributed by atoms with Crippen LogP contribution in [0.2, 0.25) is 0 Å². The van der Waals surface area contributed by atoms with Crippen molar-refractivity contribution in [1.29, 1.82) is 0 Å². The SMILES string of the molecule is CC(C)Nc1c(C(=O)NC2CCC(C(C)C)CC2)cnc2sc(-c3cncs3)cc12. The summed E-state index contributed by atoms with van der Waals surface area (Å²) in [7, 11) is 0. The molecule has 1 aliphatic carbocycles. The molecule has 1 aliphatic rings. The number of carbonyl (C=O) groups excluding carboxylic acids is 1. The molecule has 0 radical (unpaired) electrons. The number of nitrogens with zero attached hydrogens (tertiary/aromatic N) is 2. The maximum absolute atomic E-state index is 13.2. The molecule has 30 heavy (non-hydrogen) atoms. The molecule has 1 amide bonds. The second-order valence-electron chi connectivity index (χ2n) is 8.87. The van der Waals surface area contributed by atoms with Crippen molar-refractivity contribution in [3.63, 3.8) is 0 Å². The molecule has 3 aromatic heterocycles. The average molecular weight is 443 g/mol. The molecule has 0 atom stereocenters. The lowest BCUT2D eigenvalue weighted by Crippen LogP contribution is -2.38. The summed E-state index contributed by atoms with van der Waals surface area (Å²) in [4.78, 5) is 25.2. The van der Waals surface area contributed by atoms with Gasteiger partial charge in [0, 0.05) is 34.7 Å². The van der Waals surface area contributed by atoms with Gasteiger partial charge in [0.05, 0.1) is 21.6 Å². The summed E-state index contributed by atoms with van der Waals surface area (Å²) in [5, 5.41) is 7.80. The van der Waals surface area contributed by atoms with Crippen LogP contribution in [0.5, 0.6) is 0 Å². The third-order valence-electron chi connectivity index (χ3n) is 5.96. The lowest BCUT2D eigenvalue weighted by atomic mass is 9.79. The average Bonchev–Trinajstić information content (AvgIpc) is 3.38. The van der Waals surface area contributed by atoms with Gasteiger partial charge in [0.1, 0.15) is 4.83 Å². The van der Waals surface area contributed by atoms with Crippen LogP contribution in [0.4, 0.5) is 5.69 Å². The number of anilines is 1. The van der Waals surface area contributed by atoms with Crippen LogP contribution in [0, 0.1) is 11.8 Å². The van der Waals surface area contributed by atoms with Gasteiger partial charge in [0.25, 0.3) is 5.91 Å². The summed E-state index contributed by atoms with van der Waals surface area (Å²) < 4.78 is 0. The van der Waals surface area contributed by atoms with E-state index in [9.17, 15) is 4.79 Å². The van der Waals surface area contributed by atoms with Crippen molar-refractivity contribution in [3.05, 3.63) is 29.5 Å². The van der Waals surface area contributed by atoms with Crippen molar-refractivity contribution in [3.8, 4) is 9.75 Å². The first-order valence-corrected chi connectivity index (χ1v) is 12.5. The fraction of sp³-hybridized carbons (Fsp3) is 0.522. The van der Waals surface area contributed by atoms with Crippen LogP contribution in [0.15, 0.2) is 24.0 Å². The Balaban J connectivity index is 1.60. The first-order valence-electron chi connectivity index (χ1n) is 10.8. The highest BCUT2D eigenvalue weighted by Crippen LogP contribution is 2.39. The summed E-state index contributed by atoms with van der Waals surface area (Å²) in [5.74, 6) is 1.48. The van der Waals surface area contributed by atoms with Gasteiger partial charge in [-0.05, 0) is 57.4 Å². The molecule has 0 unspecified atom stereocenters. The second-order valence-corrected chi connectivity index (χ2v) is 10.8. The van der Waals surface area contributed by atoms with Gasteiger partial charge >= 0.3 is 0 Å². The van der Waals surface area contributed by atoms with Gasteiger partial charge in [-0.2, -0.15) is 0 Å². The van der Waals surface area contributed by atoms with Gasteiger partial charge in [0.2, 0.25) is 0 Å². The van der Waals surface area contributed by atoms with Crippen molar-refractivity contribution in [2.75, 3.05) is 5.32 Å². The van der Waals surface area contributed by atoms with Gasteiger partial charge in [0.15, 0.2) is 0 Å². The molecular weight excluding hydrogens is 412 g/mol. The summed E-state index contributed by atoms with van der Waals surface area (Å²) >= 11 is 3.26. The third kappa shape index (κ3) is 4.52. The number of carbonyl (C=O) groups is 1. The lowest BCUT2D eigenvalue weighted by molar-refractivity contribution is 0.0918. The molecule has 3 heterocycles. The molecule has 0 bridgehead atoms. The maximum Gasteiger partial charge on any atom is 0.255 e. The Morgan fingerprint density at radius 3 is 2.50 bits per heavy atom. The highest BCUT2D eigenvalue weighted by Gasteiger charge is 2.26. The van der Waals surface area contributed by atoms with Crippen molar-refractivity contribution in [1.82, 2.24) is 15.3 Å². The minimum Gasteiger partial charge on any atom is -0.382 e. The largest absolute Gasteiger partial charge is 0.382 e. The fourth-order valence-corrected chi connectivity index (χ4v) is 5.97. The highest BCUT2D eigenvalue weighted by atomic mass is 32.1. The van der Waals surface area contributed by atoms with E-state index in [4.69, 9.17) is 0 Å². The number of thiophene rings is 1. The van der Waals surface area contributed by atoms with Gasteiger partial charge in [-0.15, -0.1) is 22.7 Å². The molecule has 4 rings (SSSR count). The topological polar surface area (TPSA) is 66.9 Å². The molecule has 0 spiro atoms. The van der Waals surface area contributed by atoms with Gasteiger partial charge in [-0.3, -0.25) is 9.78 Å². The summed E-state index contributed by atoms with van der Waals surface area (Å²) in [5.41, 5.74) is 3.36. The number of hydrogen-bond acceptors (Lipinski definition) is 6. The van der Waals surface area contributed by atoms with Crippen molar-refractivity contribution in [2.24, 2.45) is 11.8 Å². The maximum atomic E-state index is 13.2. The van der Waals surface area contributed by atoms with E-state index in [1.165, 1.54) is 12.8 Å². The fourth-order valence-electron chi connectivity index (χ4n) is 4.26. The molecular formula is C23H30N4OS2. The number of thiazole rings is 1. The predicted octanol–water partition coefficient (Wildman–Crippen LogP) is 6.18. The zero-order chi connectivity index (χ0) is 21.3. The minimum absolute atomic E-state index is 0.0221. The monoisotopic (exact) mass is 442 g/mol. The number of fused-ring (bicyclic) bond motifs is 1. The van der Waals surface area contributed by atoms with Crippen LogP contribution >= 0.6 is 22.7 Å². The van der Waals surface area contributed by atoms with E-state index in [0.29, 0.717) is 5.56 Å². The number of amides is 1. The van der Waals surface area contributed by atoms with Crippen LogP contribution in [0.1, 0.15) is 63.7 Å². The van der Waals surface area contributed by atoms with Crippen LogP contribution in [0.25, 0.3) is 20.0 Å². The van der Waals surface area contributed by atoms with Gasteiger partial charge in [-0.25, -0.2) is 4.98 Å². The van der Waals surface area contributed by atoms with Crippen LogP contribution in [0.3, 0.4) is 0 Å². The quantitative estimate of drug-likeness (QED) is 0.478. The van der Waals surface area contributed by atoms with E-state index >= 15 is 0 Å². The molecule has 5 nitrogen and oxygen atoms in total. The number of nitrogens with one attached hydrogen (secondary N) is 2. The van der Waals surface area contributed by atoms with Crippen LogP contribution < -0.4 is 10.6 Å². The zero-order valence-corrected chi connectivity index (χ0v) is 19.7. The van der Waals surface area contributed by atoms with Crippen molar-refractivity contribution >= 4 is 44.5 Å². The van der Waals surface area contributed by atoms with Crippen molar-refractivity contribution in [2.45, 2.75) is 65.5 Å². The second kappa shape index (κ2) is 9.02. The van der Waals surface area contributed by atoms with E-state index in [1.54, 1.807) is 28.9 Å². The Hall–Kier alpha value is -1.99. The summed E-state index contributed by atoms with van der Waals surface area (Å²) in [6, 6.07) is 2.61. The molecule has 2 N–H and O–H groups in total. The molecule has 1 fully saturated rings. The Morgan fingerprint density at radius 1 is 1.10 bits per heavy atom. The van der Waals surface area contributed by atoms with Crippen LogP contribution in [-0.2, 0) is 0 Å². The normalized spacial score (nSPS) is 19.5. The Bertz CT molecular complexity index is 1000. The molecule has 160 valence electrons. The van der Waals surface area contributed by atoms with E-state index in [0.717, 1.165) is 50.3 Å².